The van der Waals surface area contributed by atoms with Crippen molar-refractivity contribution in [2.75, 3.05) is 34.3 Å². The summed E-state index contributed by atoms with van der Waals surface area (Å²) in [5.74, 6) is 0.948. The molecule has 0 aliphatic rings. The second kappa shape index (κ2) is 7.30. The van der Waals surface area contributed by atoms with E-state index in [0.717, 1.165) is 31.8 Å². The first kappa shape index (κ1) is 14.0. The summed E-state index contributed by atoms with van der Waals surface area (Å²) in [6.07, 6.45) is 1.05. The average molecular weight is 236 g/mol. The number of rotatable bonds is 7. The molecule has 0 atom stereocenters. The van der Waals surface area contributed by atoms with Gasteiger partial charge in [0.25, 0.3) is 0 Å². The Balaban J connectivity index is 2.69. The molecule has 1 rings (SSSR count). The van der Waals surface area contributed by atoms with Gasteiger partial charge in [-0.05, 0) is 43.8 Å². The molecular formula is C14H24N2O. The predicted octanol–water partition coefficient (Wildman–Crippen LogP) is 1.91. The summed E-state index contributed by atoms with van der Waals surface area (Å²) in [6.45, 7) is 5.26. The van der Waals surface area contributed by atoms with Crippen molar-refractivity contribution in [3.05, 3.63) is 29.3 Å². The second-order valence-corrected chi connectivity index (χ2v) is 4.33. The van der Waals surface area contributed by atoms with Crippen LogP contribution in [0.5, 0.6) is 5.75 Å². The highest BCUT2D eigenvalue weighted by Gasteiger charge is 2.05. The quantitative estimate of drug-likeness (QED) is 0.782. The summed E-state index contributed by atoms with van der Waals surface area (Å²) < 4.78 is 5.26. The van der Waals surface area contributed by atoms with Crippen LogP contribution in [0.15, 0.2) is 18.2 Å². The lowest BCUT2D eigenvalue weighted by Crippen LogP contribution is -2.27. The molecule has 1 N–H and O–H groups in total. The molecule has 0 aliphatic carbocycles. The van der Waals surface area contributed by atoms with E-state index >= 15 is 0 Å². The lowest BCUT2D eigenvalue weighted by molar-refractivity contribution is 0.327. The third-order valence-corrected chi connectivity index (χ3v) is 2.98. The standard InChI is InChI=1S/C14H24N2O/c1-5-12-10-14(17-4)7-6-13(12)11-16(3)9-8-15-2/h6-7,10,15H,5,8-9,11H2,1-4H3. The monoisotopic (exact) mass is 236 g/mol. The van der Waals surface area contributed by atoms with Crippen LogP contribution in [-0.2, 0) is 13.0 Å². The number of ether oxygens (including phenoxy) is 1. The van der Waals surface area contributed by atoms with E-state index in [1.165, 1.54) is 11.1 Å². The van der Waals surface area contributed by atoms with Crippen LogP contribution >= 0.6 is 0 Å². The van der Waals surface area contributed by atoms with Gasteiger partial charge in [0.15, 0.2) is 0 Å². The van der Waals surface area contributed by atoms with Gasteiger partial charge in [0.1, 0.15) is 5.75 Å². The Morgan fingerprint density at radius 1 is 1.29 bits per heavy atom. The Hall–Kier alpha value is -1.06. The Bertz CT molecular complexity index is 339. The summed E-state index contributed by atoms with van der Waals surface area (Å²) in [5.41, 5.74) is 2.77. The molecule has 17 heavy (non-hydrogen) atoms. The number of hydrogen-bond acceptors (Lipinski definition) is 3. The van der Waals surface area contributed by atoms with E-state index in [0.29, 0.717) is 0 Å². The fraction of sp³-hybridized carbons (Fsp3) is 0.571. The number of nitrogens with one attached hydrogen (secondary N) is 1. The van der Waals surface area contributed by atoms with Gasteiger partial charge in [-0.1, -0.05) is 13.0 Å². The Morgan fingerprint density at radius 3 is 2.65 bits per heavy atom. The molecule has 0 amide bonds. The van der Waals surface area contributed by atoms with E-state index in [1.807, 2.05) is 13.1 Å². The number of methoxy groups -OCH3 is 1. The van der Waals surface area contributed by atoms with E-state index in [9.17, 15) is 0 Å². The number of hydrogen-bond donors (Lipinski definition) is 1. The molecule has 0 fully saturated rings. The zero-order chi connectivity index (χ0) is 12.7. The number of aryl methyl sites for hydroxylation is 1. The molecule has 3 heteroatoms. The highest BCUT2D eigenvalue weighted by molar-refractivity contribution is 5.35. The number of nitrogens with zero attached hydrogens (tertiary/aromatic N) is 1. The maximum atomic E-state index is 5.26. The van der Waals surface area contributed by atoms with Crippen LogP contribution in [0.1, 0.15) is 18.1 Å². The summed E-state index contributed by atoms with van der Waals surface area (Å²) >= 11 is 0. The molecule has 1 aromatic carbocycles. The average Bonchev–Trinajstić information content (AvgIpc) is 2.36. The van der Waals surface area contributed by atoms with E-state index in [4.69, 9.17) is 4.74 Å². The lowest BCUT2D eigenvalue weighted by Gasteiger charge is -2.18. The third kappa shape index (κ3) is 4.36. The van der Waals surface area contributed by atoms with Crippen molar-refractivity contribution in [3.8, 4) is 5.75 Å². The van der Waals surface area contributed by atoms with Gasteiger partial charge in [-0.25, -0.2) is 0 Å². The third-order valence-electron chi connectivity index (χ3n) is 2.98. The largest absolute Gasteiger partial charge is 0.497 e. The van der Waals surface area contributed by atoms with E-state index in [-0.39, 0.29) is 0 Å². The molecule has 3 nitrogen and oxygen atoms in total. The first-order valence-corrected chi connectivity index (χ1v) is 6.20. The molecule has 0 unspecified atom stereocenters. The molecule has 0 bridgehead atoms. The van der Waals surface area contributed by atoms with Crippen molar-refractivity contribution in [2.24, 2.45) is 0 Å². The molecule has 0 saturated heterocycles. The Morgan fingerprint density at radius 2 is 2.06 bits per heavy atom. The fourth-order valence-corrected chi connectivity index (χ4v) is 1.89. The van der Waals surface area contributed by atoms with Gasteiger partial charge in [0.05, 0.1) is 7.11 Å². The van der Waals surface area contributed by atoms with Crippen molar-refractivity contribution < 1.29 is 4.74 Å². The minimum absolute atomic E-state index is 0.948. The normalized spacial score (nSPS) is 10.9. The summed E-state index contributed by atoms with van der Waals surface area (Å²) in [6, 6.07) is 6.36. The van der Waals surface area contributed by atoms with Crippen LogP contribution in [0.3, 0.4) is 0 Å². The van der Waals surface area contributed by atoms with Gasteiger partial charge in [-0.15, -0.1) is 0 Å². The van der Waals surface area contributed by atoms with Crippen LogP contribution in [0.25, 0.3) is 0 Å². The van der Waals surface area contributed by atoms with Gasteiger partial charge in [0, 0.05) is 19.6 Å². The van der Waals surface area contributed by atoms with E-state index in [2.05, 4.69) is 36.3 Å². The minimum atomic E-state index is 0.948. The van der Waals surface area contributed by atoms with Crippen LogP contribution in [0.4, 0.5) is 0 Å². The Kier molecular flexibility index (Phi) is 6.01. The molecule has 0 radical (unpaired) electrons. The highest BCUT2D eigenvalue weighted by atomic mass is 16.5. The van der Waals surface area contributed by atoms with Gasteiger partial charge in [-0.2, -0.15) is 0 Å². The lowest BCUT2D eigenvalue weighted by atomic mass is 10.0. The molecule has 1 aromatic rings. The number of benzene rings is 1. The molecule has 0 spiro atoms. The fourth-order valence-electron chi connectivity index (χ4n) is 1.89. The molecular weight excluding hydrogens is 212 g/mol. The van der Waals surface area contributed by atoms with E-state index in [1.54, 1.807) is 7.11 Å². The SMILES string of the molecule is CCc1cc(OC)ccc1CN(C)CCNC. The van der Waals surface area contributed by atoms with Gasteiger partial charge in [0.2, 0.25) is 0 Å². The maximum absolute atomic E-state index is 5.26. The summed E-state index contributed by atoms with van der Waals surface area (Å²) in [4.78, 5) is 2.33. The first-order valence-electron chi connectivity index (χ1n) is 6.20. The summed E-state index contributed by atoms with van der Waals surface area (Å²) in [5, 5.41) is 3.17. The molecule has 0 aromatic heterocycles. The van der Waals surface area contributed by atoms with Crippen LogP contribution in [0, 0.1) is 0 Å². The van der Waals surface area contributed by atoms with Gasteiger partial charge in [-0.3, -0.25) is 0 Å². The first-order chi connectivity index (χ1) is 8.21. The minimum Gasteiger partial charge on any atom is -0.497 e. The van der Waals surface area contributed by atoms with Crippen molar-refractivity contribution in [3.63, 3.8) is 0 Å². The number of likely N-dealkylation sites (N-methyl/N-ethyl adjacent to an activating group) is 2. The zero-order valence-corrected chi connectivity index (χ0v) is 11.4. The van der Waals surface area contributed by atoms with Crippen molar-refractivity contribution in [1.29, 1.82) is 0 Å². The van der Waals surface area contributed by atoms with Crippen LogP contribution in [0.2, 0.25) is 0 Å². The van der Waals surface area contributed by atoms with Crippen molar-refractivity contribution in [2.45, 2.75) is 19.9 Å². The smallest absolute Gasteiger partial charge is 0.119 e. The molecule has 96 valence electrons. The van der Waals surface area contributed by atoms with Crippen LogP contribution < -0.4 is 10.1 Å². The van der Waals surface area contributed by atoms with Crippen molar-refractivity contribution >= 4 is 0 Å². The van der Waals surface area contributed by atoms with E-state index < -0.39 is 0 Å². The molecule has 0 heterocycles. The van der Waals surface area contributed by atoms with Gasteiger partial charge < -0.3 is 15.0 Å². The Labute approximate surface area is 105 Å². The van der Waals surface area contributed by atoms with Crippen LogP contribution in [-0.4, -0.2) is 39.2 Å². The zero-order valence-electron chi connectivity index (χ0n) is 11.4. The highest BCUT2D eigenvalue weighted by Crippen LogP contribution is 2.19. The molecule has 0 aliphatic heterocycles. The summed E-state index contributed by atoms with van der Waals surface area (Å²) in [7, 11) is 5.85. The second-order valence-electron chi connectivity index (χ2n) is 4.33. The maximum Gasteiger partial charge on any atom is 0.119 e. The van der Waals surface area contributed by atoms with Gasteiger partial charge >= 0.3 is 0 Å². The topological polar surface area (TPSA) is 24.5 Å². The predicted molar refractivity (Wildman–Crippen MR) is 72.6 cm³/mol. The van der Waals surface area contributed by atoms with Crippen molar-refractivity contribution in [1.82, 2.24) is 10.2 Å². The molecule has 0 saturated carbocycles.